The number of aromatic nitrogens is 2. The molecule has 1 aliphatic rings. The van der Waals surface area contributed by atoms with Gasteiger partial charge < -0.3 is 4.90 Å². The van der Waals surface area contributed by atoms with E-state index in [1.165, 1.54) is 25.7 Å². The number of anilines is 1. The van der Waals surface area contributed by atoms with Crippen molar-refractivity contribution in [3.63, 3.8) is 0 Å². The summed E-state index contributed by atoms with van der Waals surface area (Å²) < 4.78 is 0. The highest BCUT2D eigenvalue weighted by atomic mass is 15.2. The fourth-order valence-corrected chi connectivity index (χ4v) is 1.83. The fourth-order valence-electron chi connectivity index (χ4n) is 1.83. The summed E-state index contributed by atoms with van der Waals surface area (Å²) in [6, 6.07) is 3.68. The highest BCUT2D eigenvalue weighted by Gasteiger charge is 2.12. The summed E-state index contributed by atoms with van der Waals surface area (Å²) >= 11 is 0. The first-order chi connectivity index (χ1) is 7.40. The van der Waals surface area contributed by atoms with Gasteiger partial charge in [-0.2, -0.15) is 5.26 Å². The number of nitriles is 1. The van der Waals surface area contributed by atoms with Gasteiger partial charge >= 0.3 is 0 Å². The van der Waals surface area contributed by atoms with Crippen molar-refractivity contribution in [2.24, 2.45) is 0 Å². The van der Waals surface area contributed by atoms with Gasteiger partial charge in [-0.3, -0.25) is 0 Å². The first-order valence-corrected chi connectivity index (χ1v) is 5.38. The summed E-state index contributed by atoms with van der Waals surface area (Å²) in [6.07, 6.45) is 6.62. The van der Waals surface area contributed by atoms with Gasteiger partial charge in [0.25, 0.3) is 0 Å². The van der Waals surface area contributed by atoms with Gasteiger partial charge in [-0.15, -0.1) is 0 Å². The minimum absolute atomic E-state index is 0.448. The number of rotatable bonds is 1. The molecule has 4 nitrogen and oxygen atoms in total. The summed E-state index contributed by atoms with van der Waals surface area (Å²) in [4.78, 5) is 10.6. The molecule has 0 spiro atoms. The lowest BCUT2D eigenvalue weighted by atomic mass is 10.2. The molecule has 4 heteroatoms. The normalized spacial score (nSPS) is 16.9. The summed E-state index contributed by atoms with van der Waals surface area (Å²) in [5.74, 6) is 0.705. The van der Waals surface area contributed by atoms with E-state index < -0.39 is 0 Å². The van der Waals surface area contributed by atoms with Crippen molar-refractivity contribution >= 4 is 5.95 Å². The predicted molar refractivity (Wildman–Crippen MR) is 57.4 cm³/mol. The van der Waals surface area contributed by atoms with Crippen LogP contribution in [0.15, 0.2) is 12.3 Å². The summed E-state index contributed by atoms with van der Waals surface area (Å²) in [5, 5.41) is 8.76. The average molecular weight is 202 g/mol. The van der Waals surface area contributed by atoms with Crippen LogP contribution >= 0.6 is 0 Å². The number of hydrogen-bond acceptors (Lipinski definition) is 4. The third kappa shape index (κ3) is 2.44. The molecule has 0 amide bonds. The van der Waals surface area contributed by atoms with Crippen molar-refractivity contribution in [2.75, 3.05) is 18.0 Å². The predicted octanol–water partition coefficient (Wildman–Crippen LogP) is 1.73. The molecule has 0 bridgehead atoms. The molecular weight excluding hydrogens is 188 g/mol. The van der Waals surface area contributed by atoms with Crippen LogP contribution in [0.5, 0.6) is 0 Å². The average Bonchev–Trinajstić information content (AvgIpc) is 2.58. The highest BCUT2D eigenvalue weighted by molar-refractivity contribution is 5.33. The van der Waals surface area contributed by atoms with Gasteiger partial charge in [0.2, 0.25) is 5.95 Å². The third-order valence-corrected chi connectivity index (χ3v) is 2.65. The molecule has 78 valence electrons. The molecule has 2 heterocycles. The molecule has 1 aromatic rings. The van der Waals surface area contributed by atoms with Crippen molar-refractivity contribution in [2.45, 2.75) is 25.7 Å². The van der Waals surface area contributed by atoms with E-state index in [2.05, 4.69) is 14.9 Å². The molecule has 0 aromatic carbocycles. The van der Waals surface area contributed by atoms with Gasteiger partial charge in [0.15, 0.2) is 0 Å². The Balaban J connectivity index is 2.16. The van der Waals surface area contributed by atoms with Crippen LogP contribution in [0.2, 0.25) is 0 Å². The maximum atomic E-state index is 8.76. The van der Waals surface area contributed by atoms with Crippen molar-refractivity contribution in [3.05, 3.63) is 18.0 Å². The summed E-state index contributed by atoms with van der Waals surface area (Å²) in [7, 11) is 0. The molecule has 1 aromatic heterocycles. The third-order valence-electron chi connectivity index (χ3n) is 2.65. The van der Waals surface area contributed by atoms with Crippen LogP contribution in [0.4, 0.5) is 5.95 Å². The largest absolute Gasteiger partial charge is 0.341 e. The molecule has 0 N–H and O–H groups in total. The van der Waals surface area contributed by atoms with E-state index in [9.17, 15) is 0 Å². The monoisotopic (exact) mass is 202 g/mol. The zero-order chi connectivity index (χ0) is 10.5. The molecule has 0 saturated carbocycles. The molecule has 0 atom stereocenters. The second kappa shape index (κ2) is 4.74. The van der Waals surface area contributed by atoms with Crippen LogP contribution in [0.1, 0.15) is 31.4 Å². The summed E-state index contributed by atoms with van der Waals surface area (Å²) in [6.45, 7) is 2.02. The van der Waals surface area contributed by atoms with Gasteiger partial charge in [0, 0.05) is 19.3 Å². The second-order valence-corrected chi connectivity index (χ2v) is 3.75. The molecule has 15 heavy (non-hydrogen) atoms. The van der Waals surface area contributed by atoms with Gasteiger partial charge in [-0.05, 0) is 18.9 Å². The quantitative estimate of drug-likeness (QED) is 0.696. The minimum Gasteiger partial charge on any atom is -0.341 e. The van der Waals surface area contributed by atoms with Crippen molar-refractivity contribution < 1.29 is 0 Å². The molecule has 1 aliphatic heterocycles. The molecule has 2 rings (SSSR count). The molecule has 0 aliphatic carbocycles. The SMILES string of the molecule is N#Cc1ccnc(N2CCCCCC2)n1. The molecule has 0 radical (unpaired) electrons. The molecule has 1 fully saturated rings. The van der Waals surface area contributed by atoms with Gasteiger partial charge in [0.1, 0.15) is 11.8 Å². The zero-order valence-electron chi connectivity index (χ0n) is 8.69. The smallest absolute Gasteiger partial charge is 0.226 e. The lowest BCUT2D eigenvalue weighted by molar-refractivity contribution is 0.726. The molecular formula is C11H14N4. The van der Waals surface area contributed by atoms with E-state index in [4.69, 9.17) is 5.26 Å². The Hall–Kier alpha value is -1.63. The maximum absolute atomic E-state index is 8.76. The Morgan fingerprint density at radius 1 is 1.20 bits per heavy atom. The van der Waals surface area contributed by atoms with Crippen LogP contribution in [0, 0.1) is 11.3 Å². The minimum atomic E-state index is 0.448. The van der Waals surface area contributed by atoms with Gasteiger partial charge in [0.05, 0.1) is 0 Å². The number of hydrogen-bond donors (Lipinski definition) is 0. The zero-order valence-corrected chi connectivity index (χ0v) is 8.69. The van der Waals surface area contributed by atoms with Crippen LogP contribution in [-0.4, -0.2) is 23.1 Å². The van der Waals surface area contributed by atoms with Gasteiger partial charge in [-0.25, -0.2) is 9.97 Å². The molecule has 1 saturated heterocycles. The fraction of sp³-hybridized carbons (Fsp3) is 0.545. The highest BCUT2D eigenvalue weighted by Crippen LogP contribution is 2.14. The van der Waals surface area contributed by atoms with E-state index in [1.54, 1.807) is 12.3 Å². The van der Waals surface area contributed by atoms with Crippen molar-refractivity contribution in [1.29, 1.82) is 5.26 Å². The Labute approximate surface area is 89.6 Å². The molecule has 0 unspecified atom stereocenters. The van der Waals surface area contributed by atoms with E-state index in [-0.39, 0.29) is 0 Å². The van der Waals surface area contributed by atoms with Crippen LogP contribution in [0.3, 0.4) is 0 Å². The lowest BCUT2D eigenvalue weighted by Crippen LogP contribution is -2.26. The second-order valence-electron chi connectivity index (χ2n) is 3.75. The van der Waals surface area contributed by atoms with E-state index >= 15 is 0 Å². The Morgan fingerprint density at radius 3 is 2.60 bits per heavy atom. The van der Waals surface area contributed by atoms with E-state index in [0.29, 0.717) is 11.6 Å². The van der Waals surface area contributed by atoms with Crippen LogP contribution < -0.4 is 4.90 Å². The first-order valence-electron chi connectivity index (χ1n) is 5.38. The van der Waals surface area contributed by atoms with Crippen LogP contribution in [0.25, 0.3) is 0 Å². The summed E-state index contributed by atoms with van der Waals surface area (Å²) in [5.41, 5.74) is 0.448. The Morgan fingerprint density at radius 2 is 1.93 bits per heavy atom. The lowest BCUT2D eigenvalue weighted by Gasteiger charge is -2.19. The topological polar surface area (TPSA) is 52.8 Å². The Kier molecular flexibility index (Phi) is 3.13. The number of nitrogens with zero attached hydrogens (tertiary/aromatic N) is 4. The van der Waals surface area contributed by atoms with E-state index in [0.717, 1.165) is 13.1 Å². The van der Waals surface area contributed by atoms with Crippen LogP contribution in [-0.2, 0) is 0 Å². The standard InChI is InChI=1S/C11H14N4/c12-9-10-5-6-13-11(14-10)15-7-3-1-2-4-8-15/h5-6H,1-4,7-8H2. The van der Waals surface area contributed by atoms with Crippen molar-refractivity contribution in [1.82, 2.24) is 9.97 Å². The van der Waals surface area contributed by atoms with Crippen molar-refractivity contribution in [3.8, 4) is 6.07 Å². The van der Waals surface area contributed by atoms with Gasteiger partial charge in [-0.1, -0.05) is 12.8 Å². The van der Waals surface area contributed by atoms with E-state index in [1.807, 2.05) is 6.07 Å². The maximum Gasteiger partial charge on any atom is 0.226 e. The first kappa shape index (κ1) is 9.91. The Bertz CT molecular complexity index is 361.